The second kappa shape index (κ2) is 7.97. The van der Waals surface area contributed by atoms with E-state index in [0.717, 1.165) is 5.56 Å². The summed E-state index contributed by atoms with van der Waals surface area (Å²) in [5.74, 6) is 1.03. The summed E-state index contributed by atoms with van der Waals surface area (Å²) >= 11 is 5.91. The lowest BCUT2D eigenvalue weighted by atomic mass is 10.1. The van der Waals surface area contributed by atoms with Crippen LogP contribution in [0.2, 0.25) is 5.02 Å². The second-order valence-electron chi connectivity index (χ2n) is 6.36. The van der Waals surface area contributed by atoms with Crippen molar-refractivity contribution in [3.8, 4) is 5.75 Å². The third kappa shape index (κ3) is 6.42. The van der Waals surface area contributed by atoms with Gasteiger partial charge in [-0.15, -0.1) is 0 Å². The van der Waals surface area contributed by atoms with E-state index < -0.39 is 6.09 Å². The fourth-order valence-corrected chi connectivity index (χ4v) is 2.18. The summed E-state index contributed by atoms with van der Waals surface area (Å²) in [7, 11) is 0. The Bertz CT molecular complexity index is 704. The molecule has 0 aliphatic carbocycles. The van der Waals surface area contributed by atoms with Gasteiger partial charge >= 0.3 is 6.09 Å². The number of halogens is 1. The molecule has 5 heteroatoms. The fourth-order valence-electron chi connectivity index (χ4n) is 2.05. The molecule has 24 heavy (non-hydrogen) atoms. The average molecular weight is 345 g/mol. The molecular formula is C19H21ClN2O2. The number of ether oxygens (including phenoxy) is 1. The summed E-state index contributed by atoms with van der Waals surface area (Å²) in [5, 5.41) is 3.41. The van der Waals surface area contributed by atoms with Crippen molar-refractivity contribution < 1.29 is 9.53 Å². The first-order chi connectivity index (χ1) is 11.3. The van der Waals surface area contributed by atoms with Crippen molar-refractivity contribution in [2.45, 2.75) is 32.7 Å². The van der Waals surface area contributed by atoms with Gasteiger partial charge in [0, 0.05) is 11.4 Å². The molecule has 0 unspecified atom stereocenters. The van der Waals surface area contributed by atoms with Crippen LogP contribution in [0.5, 0.6) is 5.75 Å². The standard InChI is InChI=1S/C19H21ClN2O2/c1-19(2,3)22-17(13-14-9-11-15(20)12-10-14)21-18(23)24-16-7-5-4-6-8-16/h4-12H,13H2,1-3H3,(H,21,22,23). The van der Waals surface area contributed by atoms with Gasteiger partial charge in [0.05, 0.1) is 5.54 Å². The zero-order valence-electron chi connectivity index (χ0n) is 14.0. The Morgan fingerprint density at radius 1 is 1.08 bits per heavy atom. The highest BCUT2D eigenvalue weighted by Crippen LogP contribution is 2.13. The maximum absolute atomic E-state index is 12.1. The van der Waals surface area contributed by atoms with E-state index in [1.165, 1.54) is 0 Å². The lowest BCUT2D eigenvalue weighted by molar-refractivity contribution is 0.206. The van der Waals surface area contributed by atoms with E-state index in [1.807, 2.05) is 51.1 Å². The smallest absolute Gasteiger partial charge is 0.410 e. The molecule has 0 radical (unpaired) electrons. The number of rotatable bonds is 3. The number of benzene rings is 2. The third-order valence-electron chi connectivity index (χ3n) is 2.96. The normalized spacial score (nSPS) is 11.9. The number of nitrogens with one attached hydrogen (secondary N) is 1. The minimum atomic E-state index is -0.557. The maximum atomic E-state index is 12.1. The molecule has 1 N–H and O–H groups in total. The Kier molecular flexibility index (Phi) is 5.99. The molecule has 2 aromatic rings. The zero-order chi connectivity index (χ0) is 17.6. The molecule has 0 heterocycles. The largest absolute Gasteiger partial charge is 0.418 e. The van der Waals surface area contributed by atoms with Gasteiger partial charge < -0.3 is 4.74 Å². The van der Waals surface area contributed by atoms with Gasteiger partial charge in [-0.3, -0.25) is 10.3 Å². The number of nitrogens with zero attached hydrogens (tertiary/aromatic N) is 1. The first-order valence-electron chi connectivity index (χ1n) is 7.69. The van der Waals surface area contributed by atoms with Crippen molar-refractivity contribution >= 4 is 23.5 Å². The number of amidine groups is 1. The summed E-state index contributed by atoms with van der Waals surface area (Å²) in [6.45, 7) is 5.91. The van der Waals surface area contributed by atoms with Gasteiger partial charge in [0.25, 0.3) is 0 Å². The van der Waals surface area contributed by atoms with Crippen LogP contribution in [0.25, 0.3) is 0 Å². The van der Waals surface area contributed by atoms with Crippen LogP contribution in [-0.2, 0) is 6.42 Å². The lowest BCUT2D eigenvalue weighted by Crippen LogP contribution is -2.36. The number of aliphatic imine (C=N–C) groups is 1. The first-order valence-corrected chi connectivity index (χ1v) is 8.07. The molecular weight excluding hydrogens is 324 g/mol. The Hall–Kier alpha value is -2.33. The molecule has 0 bridgehead atoms. The zero-order valence-corrected chi connectivity index (χ0v) is 14.8. The molecule has 0 aromatic heterocycles. The number of para-hydroxylation sites is 1. The van der Waals surface area contributed by atoms with Crippen LogP contribution in [0.3, 0.4) is 0 Å². The highest BCUT2D eigenvalue weighted by Gasteiger charge is 2.14. The van der Waals surface area contributed by atoms with Crippen LogP contribution in [-0.4, -0.2) is 17.5 Å². The Labute approximate surface area is 147 Å². The van der Waals surface area contributed by atoms with E-state index >= 15 is 0 Å². The summed E-state index contributed by atoms with van der Waals surface area (Å²) in [6.07, 6.45) is -0.0728. The minimum Gasteiger partial charge on any atom is -0.410 e. The topological polar surface area (TPSA) is 50.7 Å². The Balaban J connectivity index is 2.10. The highest BCUT2D eigenvalue weighted by molar-refractivity contribution is 6.30. The van der Waals surface area contributed by atoms with Gasteiger partial charge in [0.1, 0.15) is 11.6 Å². The molecule has 4 nitrogen and oxygen atoms in total. The van der Waals surface area contributed by atoms with Crippen molar-refractivity contribution in [3.63, 3.8) is 0 Å². The molecule has 0 aliphatic heterocycles. The van der Waals surface area contributed by atoms with E-state index in [-0.39, 0.29) is 5.54 Å². The van der Waals surface area contributed by atoms with Gasteiger partial charge in [0.15, 0.2) is 0 Å². The molecule has 0 aliphatic rings. The van der Waals surface area contributed by atoms with E-state index in [1.54, 1.807) is 24.3 Å². The molecule has 0 saturated heterocycles. The van der Waals surface area contributed by atoms with Crippen LogP contribution < -0.4 is 10.1 Å². The molecule has 0 atom stereocenters. The molecule has 126 valence electrons. The SMILES string of the molecule is CC(C)(C)N=C(Cc1ccc(Cl)cc1)NC(=O)Oc1ccccc1. The van der Waals surface area contributed by atoms with Gasteiger partial charge in [0.2, 0.25) is 0 Å². The molecule has 0 fully saturated rings. The van der Waals surface area contributed by atoms with Crippen molar-refractivity contribution in [1.29, 1.82) is 0 Å². The fraction of sp³-hybridized carbons (Fsp3) is 0.263. The van der Waals surface area contributed by atoms with Crippen LogP contribution in [0.4, 0.5) is 4.79 Å². The summed E-state index contributed by atoms with van der Waals surface area (Å²) in [5.41, 5.74) is 0.685. The van der Waals surface area contributed by atoms with Crippen LogP contribution in [0.15, 0.2) is 59.6 Å². The third-order valence-corrected chi connectivity index (χ3v) is 3.21. The number of hydrogen-bond acceptors (Lipinski definition) is 3. The first kappa shape index (κ1) is 18.0. The van der Waals surface area contributed by atoms with Crippen LogP contribution in [0, 0.1) is 0 Å². The second-order valence-corrected chi connectivity index (χ2v) is 6.80. The van der Waals surface area contributed by atoms with Gasteiger partial charge in [-0.25, -0.2) is 4.79 Å². The minimum absolute atomic E-state index is 0.318. The summed E-state index contributed by atoms with van der Waals surface area (Å²) in [6, 6.07) is 16.4. The van der Waals surface area contributed by atoms with E-state index in [2.05, 4.69) is 10.3 Å². The van der Waals surface area contributed by atoms with Crippen LogP contribution in [0.1, 0.15) is 26.3 Å². The monoisotopic (exact) mass is 344 g/mol. The van der Waals surface area contributed by atoms with E-state index in [0.29, 0.717) is 23.0 Å². The molecule has 0 saturated carbocycles. The van der Waals surface area contributed by atoms with E-state index in [4.69, 9.17) is 16.3 Å². The number of carbonyl (C=O) groups is 1. The quantitative estimate of drug-likeness (QED) is 0.638. The van der Waals surface area contributed by atoms with Gasteiger partial charge in [-0.05, 0) is 50.6 Å². The molecule has 2 aromatic carbocycles. The molecule has 1 amide bonds. The lowest BCUT2D eigenvalue weighted by Gasteiger charge is -2.17. The van der Waals surface area contributed by atoms with E-state index in [9.17, 15) is 4.79 Å². The molecule has 2 rings (SSSR count). The number of carbonyl (C=O) groups excluding carboxylic acids is 1. The predicted octanol–water partition coefficient (Wildman–Crippen LogP) is 4.87. The van der Waals surface area contributed by atoms with Crippen LogP contribution >= 0.6 is 11.6 Å². The van der Waals surface area contributed by atoms with Crippen molar-refractivity contribution in [1.82, 2.24) is 5.32 Å². The van der Waals surface area contributed by atoms with Crippen molar-refractivity contribution in [2.24, 2.45) is 4.99 Å². The Morgan fingerprint density at radius 2 is 1.71 bits per heavy atom. The predicted molar refractivity (Wildman–Crippen MR) is 97.9 cm³/mol. The van der Waals surface area contributed by atoms with Gasteiger partial charge in [-0.1, -0.05) is 41.9 Å². The number of hydrogen-bond donors (Lipinski definition) is 1. The summed E-state index contributed by atoms with van der Waals surface area (Å²) in [4.78, 5) is 16.7. The highest BCUT2D eigenvalue weighted by atomic mass is 35.5. The Morgan fingerprint density at radius 3 is 2.29 bits per heavy atom. The number of amides is 1. The van der Waals surface area contributed by atoms with Gasteiger partial charge in [-0.2, -0.15) is 0 Å². The van der Waals surface area contributed by atoms with Crippen molar-refractivity contribution in [2.75, 3.05) is 0 Å². The van der Waals surface area contributed by atoms with Crippen molar-refractivity contribution in [3.05, 3.63) is 65.2 Å². The molecule has 0 spiro atoms. The summed E-state index contributed by atoms with van der Waals surface area (Å²) < 4.78 is 5.26. The maximum Gasteiger partial charge on any atom is 0.418 e. The average Bonchev–Trinajstić information content (AvgIpc) is 2.49.